The highest BCUT2D eigenvalue weighted by atomic mass is 16.5. The molecule has 0 fully saturated rings. The minimum absolute atomic E-state index is 0.000298. The molecule has 4 heteroatoms. The Bertz CT molecular complexity index is 425. The normalized spacial score (nSPS) is 30.2. The maximum atomic E-state index is 11.7. The van der Waals surface area contributed by atoms with Gasteiger partial charge in [-0.05, 0) is 25.0 Å². The number of ether oxygens (including phenoxy) is 1. The second kappa shape index (κ2) is 4.69. The second-order valence-corrected chi connectivity index (χ2v) is 5.29. The lowest BCUT2D eigenvalue weighted by molar-refractivity contribution is -0.144. The van der Waals surface area contributed by atoms with Gasteiger partial charge in [-0.15, -0.1) is 0 Å². The molecule has 0 radical (unpaired) electrons. The lowest BCUT2D eigenvalue weighted by Crippen LogP contribution is -2.49. The molecule has 0 aliphatic heterocycles. The Labute approximate surface area is 107 Å². The van der Waals surface area contributed by atoms with Gasteiger partial charge >= 0.3 is 0 Å². The molecule has 2 aliphatic rings. The van der Waals surface area contributed by atoms with Gasteiger partial charge in [-0.2, -0.15) is 0 Å². The summed E-state index contributed by atoms with van der Waals surface area (Å²) in [6.07, 6.45) is 6.99. The second-order valence-electron chi connectivity index (χ2n) is 5.29. The van der Waals surface area contributed by atoms with Crippen LogP contribution in [0.3, 0.4) is 0 Å². The van der Waals surface area contributed by atoms with E-state index in [2.05, 4.69) is 5.32 Å². The van der Waals surface area contributed by atoms with Crippen LogP contribution in [-0.4, -0.2) is 29.9 Å². The van der Waals surface area contributed by atoms with Crippen LogP contribution in [0.15, 0.2) is 24.3 Å². The van der Waals surface area contributed by atoms with E-state index in [1.807, 2.05) is 32.9 Å². The van der Waals surface area contributed by atoms with E-state index in [9.17, 15) is 9.59 Å². The number of rotatable bonds is 5. The van der Waals surface area contributed by atoms with E-state index < -0.39 is 5.60 Å². The van der Waals surface area contributed by atoms with Crippen molar-refractivity contribution in [2.75, 3.05) is 6.61 Å². The van der Waals surface area contributed by atoms with Crippen molar-refractivity contribution in [2.45, 2.75) is 32.4 Å². The Hall–Kier alpha value is -1.42. The summed E-state index contributed by atoms with van der Waals surface area (Å²) in [6, 6.07) is 0.101. The van der Waals surface area contributed by atoms with Gasteiger partial charge in [0.05, 0.1) is 0 Å². The summed E-state index contributed by atoms with van der Waals surface area (Å²) in [5.41, 5.74) is -0.890. The van der Waals surface area contributed by atoms with Crippen molar-refractivity contribution in [3.63, 3.8) is 0 Å². The lowest BCUT2D eigenvalue weighted by Gasteiger charge is -2.36. The summed E-state index contributed by atoms with van der Waals surface area (Å²) in [7, 11) is 0. The zero-order chi connectivity index (χ0) is 13.3. The number of fused-ring (bicyclic) bond motifs is 1. The molecule has 0 heterocycles. The molecule has 0 aromatic heterocycles. The van der Waals surface area contributed by atoms with Crippen molar-refractivity contribution in [1.29, 1.82) is 0 Å². The predicted octanol–water partition coefficient (Wildman–Crippen LogP) is 1.23. The molecule has 98 valence electrons. The molecule has 4 nitrogen and oxygen atoms in total. The smallest absolute Gasteiger partial charge is 0.246 e. The van der Waals surface area contributed by atoms with Crippen LogP contribution in [0.25, 0.3) is 0 Å². The molecular formula is C14H19NO3. The van der Waals surface area contributed by atoms with E-state index in [-0.39, 0.29) is 30.3 Å². The summed E-state index contributed by atoms with van der Waals surface area (Å²) in [5, 5.41) is 2.85. The van der Waals surface area contributed by atoms with Crippen molar-refractivity contribution in [2.24, 2.45) is 11.8 Å². The van der Waals surface area contributed by atoms with Gasteiger partial charge < -0.3 is 10.1 Å². The van der Waals surface area contributed by atoms with Gasteiger partial charge in [0, 0.05) is 12.0 Å². The third kappa shape index (κ3) is 2.12. The highest BCUT2D eigenvalue weighted by molar-refractivity contribution is 6.03. The zero-order valence-electron chi connectivity index (χ0n) is 11.0. The maximum Gasteiger partial charge on any atom is 0.246 e. The summed E-state index contributed by atoms with van der Waals surface area (Å²) in [4.78, 5) is 23.4. The molecule has 0 saturated carbocycles. The molecule has 0 bridgehead atoms. The predicted molar refractivity (Wildman–Crippen MR) is 67.9 cm³/mol. The molecule has 0 aromatic carbocycles. The van der Waals surface area contributed by atoms with Crippen LogP contribution in [0, 0.1) is 11.8 Å². The molecule has 0 saturated heterocycles. The van der Waals surface area contributed by atoms with Crippen LogP contribution in [0.2, 0.25) is 0 Å². The summed E-state index contributed by atoms with van der Waals surface area (Å²) < 4.78 is 5.53. The Morgan fingerprint density at radius 1 is 1.44 bits per heavy atom. The van der Waals surface area contributed by atoms with E-state index in [4.69, 9.17) is 4.74 Å². The van der Waals surface area contributed by atoms with Crippen LogP contribution >= 0.6 is 0 Å². The number of hydrogen-bond donors (Lipinski definition) is 1. The SMILES string of the molecule is CC(C)[C@H](C)NC(=O)COC12C=CC1C=CC2=O. The quantitative estimate of drug-likeness (QED) is 0.746. The van der Waals surface area contributed by atoms with E-state index >= 15 is 0 Å². The Balaban J connectivity index is 1.84. The Morgan fingerprint density at radius 3 is 2.67 bits per heavy atom. The van der Waals surface area contributed by atoms with Crippen LogP contribution in [0.4, 0.5) is 0 Å². The first-order valence-corrected chi connectivity index (χ1v) is 6.31. The fourth-order valence-corrected chi connectivity index (χ4v) is 2.02. The van der Waals surface area contributed by atoms with E-state index in [0.29, 0.717) is 5.92 Å². The van der Waals surface area contributed by atoms with Gasteiger partial charge in [0.25, 0.3) is 0 Å². The number of carbonyl (C=O) groups is 2. The molecule has 2 rings (SSSR count). The fourth-order valence-electron chi connectivity index (χ4n) is 2.02. The van der Waals surface area contributed by atoms with Gasteiger partial charge in [-0.25, -0.2) is 0 Å². The summed E-state index contributed by atoms with van der Waals surface area (Å²) >= 11 is 0. The maximum absolute atomic E-state index is 11.7. The minimum atomic E-state index is -0.890. The summed E-state index contributed by atoms with van der Waals surface area (Å²) in [5.74, 6) is 0.127. The fraction of sp³-hybridized carbons (Fsp3) is 0.571. The van der Waals surface area contributed by atoms with E-state index in [1.54, 1.807) is 6.08 Å². The molecule has 0 spiro atoms. The van der Waals surface area contributed by atoms with Crippen LogP contribution in [-0.2, 0) is 14.3 Å². The zero-order valence-corrected chi connectivity index (χ0v) is 11.0. The van der Waals surface area contributed by atoms with Gasteiger partial charge in [0.2, 0.25) is 5.91 Å². The van der Waals surface area contributed by atoms with Crippen LogP contribution in [0.5, 0.6) is 0 Å². The lowest BCUT2D eigenvalue weighted by atomic mass is 9.79. The van der Waals surface area contributed by atoms with Crippen LogP contribution < -0.4 is 5.32 Å². The number of hydrogen-bond acceptors (Lipinski definition) is 3. The molecule has 0 aromatic rings. The first-order valence-electron chi connectivity index (χ1n) is 6.31. The van der Waals surface area contributed by atoms with E-state index in [1.165, 1.54) is 6.08 Å². The number of ketones is 1. The average molecular weight is 249 g/mol. The topological polar surface area (TPSA) is 55.4 Å². The first kappa shape index (κ1) is 13.0. The largest absolute Gasteiger partial charge is 0.352 e. The van der Waals surface area contributed by atoms with Crippen molar-refractivity contribution in [1.82, 2.24) is 5.32 Å². The first-order chi connectivity index (χ1) is 8.45. The van der Waals surface area contributed by atoms with Crippen molar-refractivity contribution >= 4 is 11.7 Å². The average Bonchev–Trinajstić information content (AvgIpc) is 2.47. The number of carbonyl (C=O) groups excluding carboxylic acids is 2. The molecule has 1 amide bonds. The number of nitrogens with one attached hydrogen (secondary N) is 1. The Kier molecular flexibility index (Phi) is 3.39. The van der Waals surface area contributed by atoms with Crippen molar-refractivity contribution in [3.8, 4) is 0 Å². The third-order valence-corrected chi connectivity index (χ3v) is 3.72. The third-order valence-electron chi connectivity index (χ3n) is 3.72. The minimum Gasteiger partial charge on any atom is -0.352 e. The van der Waals surface area contributed by atoms with Gasteiger partial charge in [-0.3, -0.25) is 9.59 Å². The van der Waals surface area contributed by atoms with Gasteiger partial charge in [-0.1, -0.05) is 26.0 Å². The highest BCUT2D eigenvalue weighted by Crippen LogP contribution is 2.40. The molecular weight excluding hydrogens is 230 g/mol. The molecule has 2 unspecified atom stereocenters. The van der Waals surface area contributed by atoms with Crippen molar-refractivity contribution < 1.29 is 14.3 Å². The van der Waals surface area contributed by atoms with Crippen LogP contribution in [0.1, 0.15) is 20.8 Å². The molecule has 3 atom stereocenters. The Morgan fingerprint density at radius 2 is 2.17 bits per heavy atom. The highest BCUT2D eigenvalue weighted by Gasteiger charge is 2.50. The van der Waals surface area contributed by atoms with Gasteiger partial charge in [0.1, 0.15) is 6.61 Å². The molecule has 2 aliphatic carbocycles. The number of amides is 1. The molecule has 18 heavy (non-hydrogen) atoms. The standard InChI is InChI=1S/C14H19NO3/c1-9(2)10(3)15-13(17)8-18-14-7-6-11(14)4-5-12(14)16/h4-7,9-11H,8H2,1-3H3,(H,15,17)/t10-,11?,14?/m0/s1. The van der Waals surface area contributed by atoms with E-state index in [0.717, 1.165) is 0 Å². The van der Waals surface area contributed by atoms with Crippen molar-refractivity contribution in [3.05, 3.63) is 24.3 Å². The molecule has 1 N–H and O–H groups in total. The monoisotopic (exact) mass is 249 g/mol. The summed E-state index contributed by atoms with van der Waals surface area (Å²) in [6.45, 7) is 5.96. The van der Waals surface area contributed by atoms with Gasteiger partial charge in [0.15, 0.2) is 11.4 Å².